The predicted molar refractivity (Wildman–Crippen MR) is 138 cm³/mol. The number of hydrogen-bond acceptors (Lipinski definition) is 6. The van der Waals surface area contributed by atoms with Gasteiger partial charge >= 0.3 is 0 Å². The highest BCUT2D eigenvalue weighted by molar-refractivity contribution is 8.14. The first-order valence-corrected chi connectivity index (χ1v) is 13.3. The van der Waals surface area contributed by atoms with E-state index in [9.17, 15) is 18.8 Å². The van der Waals surface area contributed by atoms with Gasteiger partial charge in [0.05, 0.1) is 11.4 Å². The van der Waals surface area contributed by atoms with Crippen LogP contribution >= 0.6 is 11.8 Å². The summed E-state index contributed by atoms with van der Waals surface area (Å²) in [6, 6.07) is 12.3. The summed E-state index contributed by atoms with van der Waals surface area (Å²) in [5.41, 5.74) is 1.81. The minimum Gasteiger partial charge on any atom is -0.353 e. The fraction of sp³-hybridized carbons (Fsp3) is 0.370. The number of nitrogens with one attached hydrogen (secondary N) is 1. The van der Waals surface area contributed by atoms with Crippen LogP contribution in [0.15, 0.2) is 58.5 Å². The average molecular weight is 507 g/mol. The number of para-hydroxylation sites is 1. The van der Waals surface area contributed by atoms with Crippen LogP contribution in [0.3, 0.4) is 0 Å². The van der Waals surface area contributed by atoms with E-state index in [1.807, 2.05) is 24.3 Å². The summed E-state index contributed by atoms with van der Waals surface area (Å²) in [6.07, 6.45) is 6.04. The number of amidine groups is 2. The number of benzene rings is 2. The van der Waals surface area contributed by atoms with Gasteiger partial charge in [0.15, 0.2) is 11.0 Å². The molecule has 2 aromatic carbocycles. The monoisotopic (exact) mass is 506 g/mol. The van der Waals surface area contributed by atoms with E-state index in [2.05, 4.69) is 15.3 Å². The number of nitrogens with zero attached hydrogens (tertiary/aromatic N) is 3. The molecular weight excluding hydrogens is 479 g/mol. The third kappa shape index (κ3) is 5.26. The Kier molecular flexibility index (Phi) is 7.27. The molecule has 2 heterocycles. The zero-order chi connectivity index (χ0) is 25.1. The first-order valence-electron chi connectivity index (χ1n) is 12.3. The van der Waals surface area contributed by atoms with Crippen LogP contribution in [0.5, 0.6) is 0 Å². The van der Waals surface area contributed by atoms with E-state index in [1.54, 1.807) is 0 Å². The Balaban J connectivity index is 1.28. The average Bonchev–Trinajstić information content (AvgIpc) is 3.23. The van der Waals surface area contributed by atoms with Crippen LogP contribution in [0.2, 0.25) is 0 Å². The molecule has 0 bridgehead atoms. The largest absolute Gasteiger partial charge is 0.353 e. The maximum absolute atomic E-state index is 13.4. The van der Waals surface area contributed by atoms with E-state index in [0.29, 0.717) is 28.7 Å². The first kappa shape index (κ1) is 24.4. The molecule has 1 fully saturated rings. The third-order valence-corrected chi connectivity index (χ3v) is 7.60. The molecule has 9 heteroatoms. The fourth-order valence-electron chi connectivity index (χ4n) is 4.75. The van der Waals surface area contributed by atoms with E-state index >= 15 is 0 Å². The molecule has 0 spiro atoms. The molecule has 2 aliphatic heterocycles. The maximum Gasteiger partial charge on any atom is 0.259 e. The van der Waals surface area contributed by atoms with Gasteiger partial charge < -0.3 is 5.32 Å². The molecule has 2 aromatic rings. The van der Waals surface area contributed by atoms with Crippen molar-refractivity contribution >= 4 is 46.1 Å². The highest BCUT2D eigenvalue weighted by Crippen LogP contribution is 2.34. The number of Topliss-reactive ketones (excluding diaryl/α,β-unsaturated/α-hetero) is 1. The van der Waals surface area contributed by atoms with Crippen LogP contribution in [0.25, 0.3) is 0 Å². The second kappa shape index (κ2) is 10.7. The quantitative estimate of drug-likeness (QED) is 0.555. The van der Waals surface area contributed by atoms with E-state index < -0.39 is 11.9 Å². The van der Waals surface area contributed by atoms with Crippen molar-refractivity contribution in [2.24, 2.45) is 9.98 Å². The van der Waals surface area contributed by atoms with E-state index in [4.69, 9.17) is 0 Å². The number of rotatable bonds is 7. The van der Waals surface area contributed by atoms with E-state index in [-0.39, 0.29) is 35.8 Å². The van der Waals surface area contributed by atoms with Gasteiger partial charge in [-0.05, 0) is 55.7 Å². The molecule has 1 atom stereocenters. The molecule has 1 aliphatic carbocycles. The van der Waals surface area contributed by atoms with Crippen LogP contribution in [-0.4, -0.2) is 51.3 Å². The van der Waals surface area contributed by atoms with Crippen molar-refractivity contribution in [1.29, 1.82) is 0 Å². The van der Waals surface area contributed by atoms with Gasteiger partial charge in [-0.3, -0.25) is 19.4 Å². The lowest BCUT2D eigenvalue weighted by atomic mass is 9.95. The molecule has 186 valence electrons. The second-order valence-electron chi connectivity index (χ2n) is 9.21. The Bertz CT molecular complexity index is 1240. The number of carbonyl (C=O) groups is 3. The van der Waals surface area contributed by atoms with Gasteiger partial charge in [0.1, 0.15) is 17.7 Å². The van der Waals surface area contributed by atoms with Crippen molar-refractivity contribution in [3.8, 4) is 0 Å². The number of ketones is 1. The Hall–Kier alpha value is -3.33. The molecule has 1 saturated carbocycles. The van der Waals surface area contributed by atoms with Crippen molar-refractivity contribution in [1.82, 2.24) is 10.2 Å². The lowest BCUT2D eigenvalue weighted by Crippen LogP contribution is -2.41. The Morgan fingerprint density at radius 1 is 1.06 bits per heavy atom. The molecule has 7 nitrogen and oxygen atoms in total. The Morgan fingerprint density at radius 3 is 2.58 bits per heavy atom. The Labute approximate surface area is 213 Å². The van der Waals surface area contributed by atoms with E-state index in [1.165, 1.54) is 35.6 Å². The van der Waals surface area contributed by atoms with Crippen LogP contribution < -0.4 is 5.32 Å². The number of hydrogen-bond donors (Lipinski definition) is 1. The number of halogens is 1. The first-order chi connectivity index (χ1) is 17.5. The minimum absolute atomic E-state index is 0.0398. The lowest BCUT2D eigenvalue weighted by Gasteiger charge is -2.25. The van der Waals surface area contributed by atoms with Crippen LogP contribution in [0, 0.1) is 5.82 Å². The summed E-state index contributed by atoms with van der Waals surface area (Å²) >= 11 is 1.15. The second-order valence-corrected chi connectivity index (χ2v) is 10.2. The van der Waals surface area contributed by atoms with Gasteiger partial charge in [-0.25, -0.2) is 14.3 Å². The van der Waals surface area contributed by atoms with Crippen molar-refractivity contribution < 1.29 is 18.8 Å². The smallest absolute Gasteiger partial charge is 0.259 e. The summed E-state index contributed by atoms with van der Waals surface area (Å²) in [6.45, 7) is 0. The highest BCUT2D eigenvalue weighted by Gasteiger charge is 2.41. The van der Waals surface area contributed by atoms with Gasteiger partial charge in [0.25, 0.3) is 5.91 Å². The SMILES string of the molecule is O=C(CCC1N=C2c3ccccc3N=C(SCC(=O)c3ccc(F)cc3)N2C1=O)NC1CCCCC1. The van der Waals surface area contributed by atoms with Crippen molar-refractivity contribution in [2.45, 2.75) is 57.0 Å². The third-order valence-electron chi connectivity index (χ3n) is 6.66. The maximum atomic E-state index is 13.4. The number of carbonyl (C=O) groups excluding carboxylic acids is 3. The van der Waals surface area contributed by atoms with Gasteiger partial charge in [-0.2, -0.15) is 0 Å². The van der Waals surface area contributed by atoms with Gasteiger partial charge in [0.2, 0.25) is 5.91 Å². The zero-order valence-corrected chi connectivity index (χ0v) is 20.6. The van der Waals surface area contributed by atoms with Gasteiger partial charge in [-0.1, -0.05) is 43.2 Å². The van der Waals surface area contributed by atoms with Crippen LogP contribution in [0.1, 0.15) is 60.9 Å². The minimum atomic E-state index is -0.679. The number of fused-ring (bicyclic) bond motifs is 3. The molecule has 1 N–H and O–H groups in total. The Morgan fingerprint density at radius 2 is 1.81 bits per heavy atom. The summed E-state index contributed by atoms with van der Waals surface area (Å²) in [4.78, 5) is 49.3. The topological polar surface area (TPSA) is 91.2 Å². The summed E-state index contributed by atoms with van der Waals surface area (Å²) < 4.78 is 13.2. The highest BCUT2D eigenvalue weighted by atomic mass is 32.2. The fourth-order valence-corrected chi connectivity index (χ4v) is 5.65. The van der Waals surface area contributed by atoms with Crippen LogP contribution in [-0.2, 0) is 9.59 Å². The molecule has 1 unspecified atom stereocenters. The van der Waals surface area contributed by atoms with Crippen molar-refractivity contribution in [3.05, 3.63) is 65.5 Å². The van der Waals surface area contributed by atoms with Gasteiger partial charge in [-0.15, -0.1) is 0 Å². The van der Waals surface area contributed by atoms with Gasteiger partial charge in [0, 0.05) is 23.6 Å². The van der Waals surface area contributed by atoms with E-state index in [0.717, 1.165) is 43.0 Å². The van der Waals surface area contributed by atoms with Crippen molar-refractivity contribution in [3.63, 3.8) is 0 Å². The van der Waals surface area contributed by atoms with Crippen LogP contribution in [0.4, 0.5) is 10.1 Å². The lowest BCUT2D eigenvalue weighted by molar-refractivity contribution is -0.125. The molecule has 0 radical (unpaired) electrons. The molecule has 0 aromatic heterocycles. The zero-order valence-electron chi connectivity index (χ0n) is 19.8. The number of thioether (sulfide) groups is 1. The standard InChI is InChI=1S/C27H27FN4O3S/c28-18-12-10-17(11-13-18)23(33)16-36-27-31-21-9-5-4-8-20(21)25-30-22(26(35)32(25)27)14-15-24(34)29-19-6-2-1-3-7-19/h4-5,8-13,19,22H,1-3,6-7,14-16H2,(H,29,34). The molecule has 0 saturated heterocycles. The van der Waals surface area contributed by atoms with Crippen molar-refractivity contribution in [2.75, 3.05) is 5.75 Å². The molecule has 36 heavy (non-hydrogen) atoms. The number of amides is 2. The number of aliphatic imine (C=N–C) groups is 2. The summed E-state index contributed by atoms with van der Waals surface area (Å²) in [7, 11) is 0. The summed E-state index contributed by atoms with van der Waals surface area (Å²) in [5.74, 6) is -0.353. The molecule has 2 amide bonds. The molecule has 3 aliphatic rings. The summed E-state index contributed by atoms with van der Waals surface area (Å²) in [5, 5.41) is 3.47. The predicted octanol–water partition coefficient (Wildman–Crippen LogP) is 4.63. The normalized spacial score (nSPS) is 19.3. The molecule has 5 rings (SSSR count). The molecular formula is C27H27FN4O3S.